The summed E-state index contributed by atoms with van der Waals surface area (Å²) in [5, 5.41) is 6.21. The van der Waals surface area contributed by atoms with Gasteiger partial charge in [0.25, 0.3) is 5.91 Å². The van der Waals surface area contributed by atoms with Crippen molar-refractivity contribution in [2.45, 2.75) is 25.3 Å². The molecule has 4 nitrogen and oxygen atoms in total. The maximum atomic E-state index is 13.5. The molecule has 134 valence electrons. The lowest BCUT2D eigenvalue weighted by atomic mass is 10.0. The molecule has 1 unspecified atom stereocenters. The number of carbonyl (C=O) groups is 1. The van der Waals surface area contributed by atoms with Crippen molar-refractivity contribution in [3.8, 4) is 0 Å². The van der Waals surface area contributed by atoms with Crippen LogP contribution in [0.1, 0.15) is 24.8 Å². The Hall–Kier alpha value is -2.66. The molecule has 2 N–H and O–H groups in total. The van der Waals surface area contributed by atoms with Crippen molar-refractivity contribution in [3.05, 3.63) is 66.1 Å². The van der Waals surface area contributed by atoms with Crippen LogP contribution in [0, 0.1) is 5.82 Å². The van der Waals surface area contributed by atoms with Crippen molar-refractivity contribution in [2.75, 3.05) is 23.3 Å². The molecule has 1 amide bonds. The number of benzene rings is 2. The standard InChI is InChI=1S/C21H22FN3O/c22-15-8-9-18-19(21(26)24-20(18)13-15)14-25(16-5-2-1-3-6-16)17-7-4-11-23-12-10-17/h1-3,5-6,8-9,13-14,17,23H,4,7,10-12H2,(H,24,26). The fourth-order valence-corrected chi connectivity index (χ4v) is 3.70. The first-order valence-corrected chi connectivity index (χ1v) is 9.09. The highest BCUT2D eigenvalue weighted by Gasteiger charge is 2.27. The molecule has 1 saturated heterocycles. The van der Waals surface area contributed by atoms with Gasteiger partial charge in [0.05, 0.1) is 11.3 Å². The predicted molar refractivity (Wildman–Crippen MR) is 102 cm³/mol. The number of amides is 1. The van der Waals surface area contributed by atoms with Gasteiger partial charge in [0.1, 0.15) is 5.82 Å². The number of halogens is 1. The lowest BCUT2D eigenvalue weighted by molar-refractivity contribution is -0.110. The van der Waals surface area contributed by atoms with Gasteiger partial charge in [-0.15, -0.1) is 0 Å². The van der Waals surface area contributed by atoms with Crippen LogP contribution in [0.5, 0.6) is 0 Å². The van der Waals surface area contributed by atoms with Crippen molar-refractivity contribution in [3.63, 3.8) is 0 Å². The minimum atomic E-state index is -0.347. The van der Waals surface area contributed by atoms with E-state index in [4.69, 9.17) is 0 Å². The Bertz CT molecular complexity index is 826. The second-order valence-electron chi connectivity index (χ2n) is 6.76. The summed E-state index contributed by atoms with van der Waals surface area (Å²) < 4.78 is 13.5. The molecule has 0 aromatic heterocycles. The minimum Gasteiger partial charge on any atom is -0.344 e. The largest absolute Gasteiger partial charge is 0.344 e. The van der Waals surface area contributed by atoms with E-state index in [2.05, 4.69) is 27.7 Å². The molecule has 5 heteroatoms. The van der Waals surface area contributed by atoms with E-state index in [1.807, 2.05) is 24.4 Å². The van der Waals surface area contributed by atoms with Gasteiger partial charge in [0, 0.05) is 23.5 Å². The molecule has 1 fully saturated rings. The number of rotatable bonds is 3. The van der Waals surface area contributed by atoms with E-state index < -0.39 is 0 Å². The fourth-order valence-electron chi connectivity index (χ4n) is 3.70. The van der Waals surface area contributed by atoms with Crippen molar-refractivity contribution in [1.82, 2.24) is 5.32 Å². The van der Waals surface area contributed by atoms with Crippen LogP contribution in [-0.2, 0) is 4.79 Å². The zero-order valence-corrected chi connectivity index (χ0v) is 14.5. The molecule has 2 aliphatic heterocycles. The van der Waals surface area contributed by atoms with Crippen LogP contribution >= 0.6 is 0 Å². The number of nitrogens with zero attached hydrogens (tertiary/aromatic N) is 1. The number of anilines is 2. The fraction of sp³-hybridized carbons (Fsp3) is 0.286. The minimum absolute atomic E-state index is 0.182. The molecule has 2 heterocycles. The number of nitrogens with one attached hydrogen (secondary N) is 2. The maximum absolute atomic E-state index is 13.5. The van der Waals surface area contributed by atoms with Crippen LogP contribution in [0.2, 0.25) is 0 Å². The normalized spacial score (nSPS) is 21.2. The van der Waals surface area contributed by atoms with Crippen LogP contribution in [0.25, 0.3) is 5.57 Å². The van der Waals surface area contributed by atoms with Crippen molar-refractivity contribution in [2.24, 2.45) is 0 Å². The van der Waals surface area contributed by atoms with Crippen LogP contribution in [-0.4, -0.2) is 25.0 Å². The summed E-state index contributed by atoms with van der Waals surface area (Å²) >= 11 is 0. The number of carbonyl (C=O) groups excluding carboxylic acids is 1. The molecule has 0 spiro atoms. The van der Waals surface area contributed by atoms with Gasteiger partial charge in [-0.25, -0.2) is 4.39 Å². The number of para-hydroxylation sites is 1. The topological polar surface area (TPSA) is 44.4 Å². The molecule has 2 aromatic carbocycles. The smallest absolute Gasteiger partial charge is 0.257 e. The van der Waals surface area contributed by atoms with Gasteiger partial charge >= 0.3 is 0 Å². The molecule has 0 aliphatic carbocycles. The van der Waals surface area contributed by atoms with Gasteiger partial charge in [-0.05, 0) is 62.7 Å². The molecule has 1 atom stereocenters. The molecule has 4 rings (SSSR count). The Morgan fingerprint density at radius 1 is 1.08 bits per heavy atom. The van der Waals surface area contributed by atoms with Gasteiger partial charge in [-0.2, -0.15) is 0 Å². The quantitative estimate of drug-likeness (QED) is 0.828. The molecule has 0 bridgehead atoms. The maximum Gasteiger partial charge on any atom is 0.257 e. The third-order valence-electron chi connectivity index (χ3n) is 5.03. The number of hydrogen-bond acceptors (Lipinski definition) is 3. The second kappa shape index (κ2) is 7.30. The van der Waals surface area contributed by atoms with Gasteiger partial charge in [0.2, 0.25) is 0 Å². The summed E-state index contributed by atoms with van der Waals surface area (Å²) in [6, 6.07) is 14.9. The average molecular weight is 351 g/mol. The number of hydrogen-bond donors (Lipinski definition) is 2. The van der Waals surface area contributed by atoms with Gasteiger partial charge < -0.3 is 15.5 Å². The van der Waals surface area contributed by atoms with E-state index in [-0.39, 0.29) is 11.7 Å². The zero-order chi connectivity index (χ0) is 17.9. The summed E-state index contributed by atoms with van der Waals surface area (Å²) in [4.78, 5) is 14.7. The summed E-state index contributed by atoms with van der Waals surface area (Å²) in [5.41, 5.74) is 2.94. The highest BCUT2D eigenvalue weighted by Crippen LogP contribution is 2.34. The van der Waals surface area contributed by atoms with E-state index in [0.717, 1.165) is 43.6 Å². The molecular formula is C21H22FN3O. The van der Waals surface area contributed by atoms with Crippen LogP contribution in [0.15, 0.2) is 54.7 Å². The zero-order valence-electron chi connectivity index (χ0n) is 14.5. The molecule has 26 heavy (non-hydrogen) atoms. The Balaban J connectivity index is 1.75. The Labute approximate surface area is 152 Å². The van der Waals surface area contributed by atoms with Crippen molar-refractivity contribution in [1.29, 1.82) is 0 Å². The van der Waals surface area contributed by atoms with Crippen LogP contribution < -0.4 is 15.5 Å². The first-order chi connectivity index (χ1) is 12.7. The number of fused-ring (bicyclic) bond motifs is 1. The Morgan fingerprint density at radius 3 is 2.77 bits per heavy atom. The molecule has 0 saturated carbocycles. The third kappa shape index (κ3) is 3.35. The highest BCUT2D eigenvalue weighted by molar-refractivity contribution is 6.31. The second-order valence-corrected chi connectivity index (χ2v) is 6.76. The van der Waals surface area contributed by atoms with Crippen LogP contribution in [0.4, 0.5) is 15.8 Å². The first kappa shape index (κ1) is 16.8. The van der Waals surface area contributed by atoms with Gasteiger partial charge in [-0.1, -0.05) is 18.2 Å². The van der Waals surface area contributed by atoms with E-state index in [1.54, 1.807) is 6.07 Å². The molecular weight excluding hydrogens is 329 g/mol. The lowest BCUT2D eigenvalue weighted by Crippen LogP contribution is -2.32. The highest BCUT2D eigenvalue weighted by atomic mass is 19.1. The van der Waals surface area contributed by atoms with Gasteiger partial charge in [-0.3, -0.25) is 4.79 Å². The lowest BCUT2D eigenvalue weighted by Gasteiger charge is -2.30. The summed E-state index contributed by atoms with van der Waals surface area (Å²) in [5.74, 6) is -0.529. The molecule has 0 radical (unpaired) electrons. The van der Waals surface area contributed by atoms with E-state index in [9.17, 15) is 9.18 Å². The van der Waals surface area contributed by atoms with Gasteiger partial charge in [0.15, 0.2) is 0 Å². The summed E-state index contributed by atoms with van der Waals surface area (Å²) in [6.45, 7) is 1.99. The SMILES string of the molecule is O=C1Nc2cc(F)ccc2C1=CN(c1ccccc1)C1CCCNCC1. The van der Waals surface area contributed by atoms with E-state index >= 15 is 0 Å². The predicted octanol–water partition coefficient (Wildman–Crippen LogP) is 3.77. The van der Waals surface area contributed by atoms with Crippen molar-refractivity contribution >= 4 is 22.9 Å². The summed E-state index contributed by atoms with van der Waals surface area (Å²) in [6.07, 6.45) is 5.11. The van der Waals surface area contributed by atoms with Crippen molar-refractivity contribution < 1.29 is 9.18 Å². The third-order valence-corrected chi connectivity index (χ3v) is 5.03. The van der Waals surface area contributed by atoms with E-state index in [1.165, 1.54) is 12.1 Å². The van der Waals surface area contributed by atoms with Crippen LogP contribution in [0.3, 0.4) is 0 Å². The first-order valence-electron chi connectivity index (χ1n) is 9.09. The van der Waals surface area contributed by atoms with E-state index in [0.29, 0.717) is 17.3 Å². The average Bonchev–Trinajstić information content (AvgIpc) is 2.81. The Morgan fingerprint density at radius 2 is 1.92 bits per heavy atom. The molecule has 2 aromatic rings. The molecule has 2 aliphatic rings. The monoisotopic (exact) mass is 351 g/mol. The Kier molecular flexibility index (Phi) is 4.71. The summed E-state index contributed by atoms with van der Waals surface area (Å²) in [7, 11) is 0.